The quantitative estimate of drug-likeness (QED) is 0.167. The Labute approximate surface area is 358 Å². The molecule has 0 fully saturated rings. The van der Waals surface area contributed by atoms with Crippen LogP contribution in [-0.2, 0) is 0 Å². The van der Waals surface area contributed by atoms with E-state index in [0.717, 1.165) is 77.0 Å². The van der Waals surface area contributed by atoms with Gasteiger partial charge in [-0.25, -0.2) is 9.97 Å². The van der Waals surface area contributed by atoms with E-state index in [4.69, 9.17) is 14.4 Å². The van der Waals surface area contributed by atoms with Gasteiger partial charge in [0, 0.05) is 49.0 Å². The summed E-state index contributed by atoms with van der Waals surface area (Å²) in [6.45, 7) is 4.00. The number of fused-ring (bicyclic) bond motifs is 13. The predicted octanol–water partition coefficient (Wildman–Crippen LogP) is 16.1. The Balaban J connectivity index is 0.00000202. The second-order valence-corrected chi connectivity index (χ2v) is 15.6. The normalized spacial score (nSPS) is 11.7. The third-order valence-corrected chi connectivity index (χ3v) is 12.4. The number of nitrogens with zero attached hydrogens (tertiary/aromatic N) is 3. The molecule has 3 aromatic heterocycles. The van der Waals surface area contributed by atoms with Gasteiger partial charge in [-0.1, -0.05) is 202 Å². The number of rotatable bonds is 4. The van der Waals surface area contributed by atoms with Crippen LogP contribution in [0.25, 0.3) is 126 Å². The molecule has 0 saturated carbocycles. The SMILES string of the molecule is CC.c1ccc2c(-c3ccc(-c4nc(-n5c6c(-c7cccc8c7oc7ccccc78)cccc6c6c7ccccc7c7ccccc7c65)nc5ccccc45)cc3)cccc2c1. The van der Waals surface area contributed by atoms with Crippen LogP contribution in [0.15, 0.2) is 205 Å². The molecule has 0 radical (unpaired) electrons. The zero-order valence-electron chi connectivity index (χ0n) is 34.3. The summed E-state index contributed by atoms with van der Waals surface area (Å²) in [5.41, 5.74) is 11.1. The molecule has 3 heterocycles. The first kappa shape index (κ1) is 35.8. The van der Waals surface area contributed by atoms with Gasteiger partial charge in [0.2, 0.25) is 5.95 Å². The van der Waals surface area contributed by atoms with Crippen LogP contribution in [0.5, 0.6) is 0 Å². The summed E-state index contributed by atoms with van der Waals surface area (Å²) < 4.78 is 9.04. The van der Waals surface area contributed by atoms with E-state index in [-0.39, 0.29) is 0 Å². The van der Waals surface area contributed by atoms with Crippen molar-refractivity contribution in [2.24, 2.45) is 0 Å². The summed E-state index contributed by atoms with van der Waals surface area (Å²) in [6.07, 6.45) is 0. The summed E-state index contributed by atoms with van der Waals surface area (Å²) in [4.78, 5) is 11.1. The molecule has 0 aliphatic heterocycles. The molecule has 0 unspecified atom stereocenters. The highest BCUT2D eigenvalue weighted by atomic mass is 16.3. The highest BCUT2D eigenvalue weighted by Crippen LogP contribution is 2.47. The molecule has 62 heavy (non-hydrogen) atoms. The van der Waals surface area contributed by atoms with Crippen molar-refractivity contribution < 1.29 is 4.42 Å². The molecule has 13 rings (SSSR count). The Morgan fingerprint density at radius 1 is 0.371 bits per heavy atom. The van der Waals surface area contributed by atoms with E-state index in [2.05, 4.69) is 193 Å². The first-order valence-corrected chi connectivity index (χ1v) is 21.4. The molecule has 0 atom stereocenters. The Morgan fingerprint density at radius 2 is 0.919 bits per heavy atom. The third kappa shape index (κ3) is 5.33. The van der Waals surface area contributed by atoms with Crippen LogP contribution in [0, 0.1) is 0 Å². The van der Waals surface area contributed by atoms with Crippen molar-refractivity contribution in [1.29, 1.82) is 0 Å². The molecule has 13 aromatic rings. The summed E-state index contributed by atoms with van der Waals surface area (Å²) in [5, 5.41) is 12.7. The van der Waals surface area contributed by atoms with Crippen LogP contribution in [0.1, 0.15) is 13.8 Å². The molecule has 0 aliphatic rings. The number of benzene rings is 10. The standard InChI is InChI=1S/C56H33N3O.C2H6/c1-2-16-37-34(14-1)15-11-23-38(37)35-30-32-36(33-31-35)52-47-22-7-9-28-49(47)57-56(58-52)59-53-44(46-26-13-25-45-41-19-8-10-29-50(41)60-55(45)46)24-12-27-48(53)51-42-20-5-3-17-39(42)40-18-4-6-21-43(40)54(51)59;1-2/h1-33H;1-2H3. The van der Waals surface area contributed by atoms with E-state index in [9.17, 15) is 0 Å². The zero-order valence-corrected chi connectivity index (χ0v) is 34.3. The summed E-state index contributed by atoms with van der Waals surface area (Å²) >= 11 is 0. The van der Waals surface area contributed by atoms with E-state index in [0.29, 0.717) is 5.95 Å². The fourth-order valence-electron chi connectivity index (χ4n) is 9.77. The Hall–Kier alpha value is -8.08. The summed E-state index contributed by atoms with van der Waals surface area (Å²) in [7, 11) is 0. The minimum absolute atomic E-state index is 0.617. The highest BCUT2D eigenvalue weighted by Gasteiger charge is 2.25. The fraction of sp³-hybridized carbons (Fsp3) is 0.0345. The van der Waals surface area contributed by atoms with Crippen molar-refractivity contribution >= 4 is 87.0 Å². The number of hydrogen-bond donors (Lipinski definition) is 0. The second kappa shape index (κ2) is 14.3. The van der Waals surface area contributed by atoms with Crippen LogP contribution >= 0.6 is 0 Å². The molecule has 0 spiro atoms. The summed E-state index contributed by atoms with van der Waals surface area (Å²) in [5.74, 6) is 0.617. The summed E-state index contributed by atoms with van der Waals surface area (Å²) in [6, 6.07) is 71.3. The smallest absolute Gasteiger partial charge is 0.235 e. The highest BCUT2D eigenvalue weighted by molar-refractivity contribution is 6.33. The zero-order chi connectivity index (χ0) is 41.3. The lowest BCUT2D eigenvalue weighted by Gasteiger charge is -2.15. The fourth-order valence-corrected chi connectivity index (χ4v) is 9.77. The number of furan rings is 1. The average molecular weight is 794 g/mol. The van der Waals surface area contributed by atoms with Gasteiger partial charge in [0.1, 0.15) is 11.2 Å². The van der Waals surface area contributed by atoms with Crippen LogP contribution < -0.4 is 0 Å². The van der Waals surface area contributed by atoms with Crippen LogP contribution in [0.2, 0.25) is 0 Å². The molecule has 0 bridgehead atoms. The van der Waals surface area contributed by atoms with Crippen molar-refractivity contribution in [3.63, 3.8) is 0 Å². The predicted molar refractivity (Wildman–Crippen MR) is 261 cm³/mol. The van der Waals surface area contributed by atoms with Gasteiger partial charge in [0.15, 0.2) is 0 Å². The maximum Gasteiger partial charge on any atom is 0.235 e. The average Bonchev–Trinajstić information content (AvgIpc) is 3.91. The maximum atomic E-state index is 6.71. The second-order valence-electron chi connectivity index (χ2n) is 15.6. The molecule has 0 saturated heterocycles. The van der Waals surface area contributed by atoms with E-state index in [1.807, 2.05) is 26.0 Å². The Kier molecular flexibility index (Phi) is 8.26. The van der Waals surface area contributed by atoms with Gasteiger partial charge in [-0.05, 0) is 50.2 Å². The molecule has 0 aliphatic carbocycles. The monoisotopic (exact) mass is 793 g/mol. The van der Waals surface area contributed by atoms with Crippen LogP contribution in [-0.4, -0.2) is 14.5 Å². The minimum atomic E-state index is 0.617. The van der Waals surface area contributed by atoms with Crippen molar-refractivity contribution in [3.8, 4) is 39.5 Å². The van der Waals surface area contributed by atoms with Crippen LogP contribution in [0.3, 0.4) is 0 Å². The van der Waals surface area contributed by atoms with Crippen molar-refractivity contribution in [2.75, 3.05) is 0 Å². The lowest BCUT2D eigenvalue weighted by atomic mass is 9.95. The molecule has 0 N–H and O–H groups in total. The Morgan fingerprint density at radius 3 is 1.73 bits per heavy atom. The largest absolute Gasteiger partial charge is 0.455 e. The van der Waals surface area contributed by atoms with Gasteiger partial charge in [-0.15, -0.1) is 0 Å². The van der Waals surface area contributed by atoms with Crippen LogP contribution in [0.4, 0.5) is 0 Å². The van der Waals surface area contributed by atoms with E-state index >= 15 is 0 Å². The van der Waals surface area contributed by atoms with Gasteiger partial charge >= 0.3 is 0 Å². The van der Waals surface area contributed by atoms with Gasteiger partial charge in [0.05, 0.1) is 22.2 Å². The molecule has 0 amide bonds. The molecule has 292 valence electrons. The van der Waals surface area contributed by atoms with Crippen molar-refractivity contribution in [3.05, 3.63) is 200 Å². The van der Waals surface area contributed by atoms with Crippen molar-refractivity contribution in [2.45, 2.75) is 13.8 Å². The number of hydrogen-bond acceptors (Lipinski definition) is 3. The van der Waals surface area contributed by atoms with E-state index < -0.39 is 0 Å². The topological polar surface area (TPSA) is 43.9 Å². The van der Waals surface area contributed by atoms with Gasteiger partial charge in [-0.3, -0.25) is 4.57 Å². The van der Waals surface area contributed by atoms with Gasteiger partial charge < -0.3 is 4.42 Å². The maximum absolute atomic E-state index is 6.71. The molecule has 10 aromatic carbocycles. The Bertz CT molecular complexity index is 3890. The van der Waals surface area contributed by atoms with Gasteiger partial charge in [0.25, 0.3) is 0 Å². The lowest BCUT2D eigenvalue weighted by molar-refractivity contribution is 0.670. The first-order chi connectivity index (χ1) is 30.8. The first-order valence-electron chi connectivity index (χ1n) is 21.4. The third-order valence-electron chi connectivity index (χ3n) is 12.4. The number of aromatic nitrogens is 3. The van der Waals surface area contributed by atoms with Crippen molar-refractivity contribution in [1.82, 2.24) is 14.5 Å². The minimum Gasteiger partial charge on any atom is -0.455 e. The van der Waals surface area contributed by atoms with E-state index in [1.165, 1.54) is 43.4 Å². The molecular weight excluding hydrogens is 755 g/mol. The molecular formula is C58H39N3O. The lowest BCUT2D eigenvalue weighted by Crippen LogP contribution is -2.04. The van der Waals surface area contributed by atoms with E-state index in [1.54, 1.807) is 0 Å². The molecule has 4 nitrogen and oxygen atoms in total. The number of para-hydroxylation sites is 4. The molecule has 4 heteroatoms. The van der Waals surface area contributed by atoms with Gasteiger partial charge in [-0.2, -0.15) is 0 Å².